The van der Waals surface area contributed by atoms with E-state index in [1.165, 1.54) is 0 Å². The third-order valence-electron chi connectivity index (χ3n) is 3.00. The second-order valence-electron chi connectivity index (χ2n) is 4.45. The molecule has 0 aliphatic carbocycles. The van der Waals surface area contributed by atoms with Crippen molar-refractivity contribution in [2.75, 3.05) is 5.73 Å². The van der Waals surface area contributed by atoms with Crippen molar-refractivity contribution in [3.05, 3.63) is 57.6 Å². The van der Waals surface area contributed by atoms with Gasteiger partial charge in [0.05, 0.1) is 4.47 Å². The lowest BCUT2D eigenvalue weighted by Gasteiger charge is -2.11. The van der Waals surface area contributed by atoms with E-state index in [4.69, 9.17) is 16.2 Å². The molecule has 2 aromatic rings. The molecule has 2 rings (SSSR count). The molecule has 0 radical (unpaired) electrons. The number of anilines is 1. The standard InChI is InChI=1S/C15H15BrN2O2/c1-9-7-10(15(18)19)5-6-11(9)8-20-13-4-2-3-12(17)14(13)16/h2-7H,8,17H2,1H3,(H2,18,19). The Hall–Kier alpha value is -2.01. The Kier molecular flexibility index (Phi) is 4.29. The Morgan fingerprint density at radius 1 is 1.30 bits per heavy atom. The first-order valence-corrected chi connectivity index (χ1v) is 6.84. The molecular weight excluding hydrogens is 320 g/mol. The van der Waals surface area contributed by atoms with Crippen LogP contribution in [0, 0.1) is 6.92 Å². The van der Waals surface area contributed by atoms with E-state index in [2.05, 4.69) is 15.9 Å². The number of ether oxygens (including phenoxy) is 1. The lowest BCUT2D eigenvalue weighted by Crippen LogP contribution is -2.11. The number of nitrogens with two attached hydrogens (primary N) is 2. The predicted molar refractivity (Wildman–Crippen MR) is 82.6 cm³/mol. The fourth-order valence-electron chi connectivity index (χ4n) is 1.81. The molecule has 1 amide bonds. The van der Waals surface area contributed by atoms with Gasteiger partial charge in [0, 0.05) is 11.3 Å². The van der Waals surface area contributed by atoms with Crippen molar-refractivity contribution < 1.29 is 9.53 Å². The van der Waals surface area contributed by atoms with Crippen LogP contribution >= 0.6 is 15.9 Å². The molecule has 0 aromatic heterocycles. The molecule has 0 aliphatic rings. The summed E-state index contributed by atoms with van der Waals surface area (Å²) >= 11 is 3.39. The maximum Gasteiger partial charge on any atom is 0.248 e. The van der Waals surface area contributed by atoms with Gasteiger partial charge in [-0.25, -0.2) is 0 Å². The fourth-order valence-corrected chi connectivity index (χ4v) is 2.18. The molecule has 5 heteroatoms. The smallest absolute Gasteiger partial charge is 0.248 e. The average molecular weight is 335 g/mol. The number of benzene rings is 2. The second-order valence-corrected chi connectivity index (χ2v) is 5.25. The van der Waals surface area contributed by atoms with E-state index < -0.39 is 5.91 Å². The number of hydrogen-bond donors (Lipinski definition) is 2. The van der Waals surface area contributed by atoms with E-state index in [1.807, 2.05) is 25.1 Å². The zero-order valence-electron chi connectivity index (χ0n) is 11.0. The SMILES string of the molecule is Cc1cc(C(N)=O)ccc1COc1cccc(N)c1Br. The van der Waals surface area contributed by atoms with E-state index in [0.29, 0.717) is 23.6 Å². The van der Waals surface area contributed by atoms with E-state index in [9.17, 15) is 4.79 Å². The van der Waals surface area contributed by atoms with Crippen LogP contribution < -0.4 is 16.2 Å². The van der Waals surface area contributed by atoms with Crippen molar-refractivity contribution in [2.45, 2.75) is 13.5 Å². The minimum atomic E-state index is -0.431. The van der Waals surface area contributed by atoms with Gasteiger partial charge in [-0.15, -0.1) is 0 Å². The fraction of sp³-hybridized carbons (Fsp3) is 0.133. The third kappa shape index (κ3) is 3.11. The third-order valence-corrected chi connectivity index (χ3v) is 3.85. The zero-order valence-corrected chi connectivity index (χ0v) is 12.6. The Balaban J connectivity index is 2.15. The summed E-state index contributed by atoms with van der Waals surface area (Å²) in [5.41, 5.74) is 14.1. The Morgan fingerprint density at radius 2 is 2.05 bits per heavy atom. The van der Waals surface area contributed by atoms with Crippen LogP contribution in [0.15, 0.2) is 40.9 Å². The first kappa shape index (κ1) is 14.4. The lowest BCUT2D eigenvalue weighted by atomic mass is 10.1. The molecule has 2 aromatic carbocycles. The molecule has 0 atom stereocenters. The molecule has 4 nitrogen and oxygen atoms in total. The summed E-state index contributed by atoms with van der Waals surface area (Å²) in [7, 11) is 0. The van der Waals surface area contributed by atoms with Gasteiger partial charge in [0.1, 0.15) is 12.4 Å². The number of hydrogen-bond acceptors (Lipinski definition) is 3. The Bertz CT molecular complexity index is 656. The average Bonchev–Trinajstić information content (AvgIpc) is 2.41. The molecule has 0 fully saturated rings. The molecule has 0 heterocycles. The summed E-state index contributed by atoms with van der Waals surface area (Å²) in [6.07, 6.45) is 0. The topological polar surface area (TPSA) is 78.3 Å². The Labute approximate surface area is 125 Å². The number of carbonyl (C=O) groups excluding carboxylic acids is 1. The molecule has 0 unspecified atom stereocenters. The van der Waals surface area contributed by atoms with Gasteiger partial charge in [0.2, 0.25) is 5.91 Å². The van der Waals surface area contributed by atoms with Crippen molar-refractivity contribution in [1.82, 2.24) is 0 Å². The molecule has 0 aliphatic heterocycles. The molecule has 0 saturated heterocycles. The lowest BCUT2D eigenvalue weighted by molar-refractivity contribution is 0.1000. The number of rotatable bonds is 4. The number of aryl methyl sites for hydroxylation is 1. The van der Waals surface area contributed by atoms with Gasteiger partial charge in [-0.3, -0.25) is 4.79 Å². The van der Waals surface area contributed by atoms with Gasteiger partial charge in [-0.2, -0.15) is 0 Å². The molecule has 0 bridgehead atoms. The highest BCUT2D eigenvalue weighted by Gasteiger charge is 2.07. The van der Waals surface area contributed by atoms with Crippen molar-refractivity contribution >= 4 is 27.5 Å². The Morgan fingerprint density at radius 3 is 2.70 bits per heavy atom. The summed E-state index contributed by atoms with van der Waals surface area (Å²) in [4.78, 5) is 11.1. The van der Waals surface area contributed by atoms with Gasteiger partial charge in [-0.05, 0) is 58.2 Å². The summed E-state index contributed by atoms with van der Waals surface area (Å²) in [5.74, 6) is 0.252. The van der Waals surface area contributed by atoms with Crippen molar-refractivity contribution in [3.8, 4) is 5.75 Å². The highest BCUT2D eigenvalue weighted by molar-refractivity contribution is 9.10. The first-order valence-electron chi connectivity index (χ1n) is 6.05. The number of halogens is 1. The molecular formula is C15H15BrN2O2. The predicted octanol–water partition coefficient (Wildman–Crippen LogP) is 3.02. The van der Waals surface area contributed by atoms with Gasteiger partial charge in [0.15, 0.2) is 0 Å². The second kappa shape index (κ2) is 5.96. The quantitative estimate of drug-likeness (QED) is 0.843. The van der Waals surface area contributed by atoms with Gasteiger partial charge >= 0.3 is 0 Å². The van der Waals surface area contributed by atoms with Crippen LogP contribution in [0.2, 0.25) is 0 Å². The maximum atomic E-state index is 11.1. The number of primary amides is 1. The van der Waals surface area contributed by atoms with Crippen LogP contribution in [-0.2, 0) is 6.61 Å². The summed E-state index contributed by atoms with van der Waals surface area (Å²) < 4.78 is 6.48. The molecule has 20 heavy (non-hydrogen) atoms. The first-order chi connectivity index (χ1) is 9.49. The zero-order chi connectivity index (χ0) is 14.7. The van der Waals surface area contributed by atoms with Crippen LogP contribution in [-0.4, -0.2) is 5.91 Å². The number of nitrogen functional groups attached to an aromatic ring is 1. The van der Waals surface area contributed by atoms with Crippen LogP contribution in [0.3, 0.4) is 0 Å². The molecule has 0 saturated carbocycles. The minimum Gasteiger partial charge on any atom is -0.488 e. The van der Waals surface area contributed by atoms with Gasteiger partial charge in [0.25, 0.3) is 0 Å². The normalized spacial score (nSPS) is 10.3. The highest BCUT2D eigenvalue weighted by Crippen LogP contribution is 2.31. The van der Waals surface area contributed by atoms with Gasteiger partial charge in [-0.1, -0.05) is 12.1 Å². The highest BCUT2D eigenvalue weighted by atomic mass is 79.9. The monoisotopic (exact) mass is 334 g/mol. The van der Waals surface area contributed by atoms with E-state index in [-0.39, 0.29) is 0 Å². The van der Waals surface area contributed by atoms with E-state index in [0.717, 1.165) is 15.6 Å². The minimum absolute atomic E-state index is 0.396. The van der Waals surface area contributed by atoms with Crippen LogP contribution in [0.5, 0.6) is 5.75 Å². The van der Waals surface area contributed by atoms with E-state index >= 15 is 0 Å². The maximum absolute atomic E-state index is 11.1. The summed E-state index contributed by atoms with van der Waals surface area (Å²) in [5, 5.41) is 0. The van der Waals surface area contributed by atoms with E-state index in [1.54, 1.807) is 18.2 Å². The van der Waals surface area contributed by atoms with Crippen LogP contribution in [0.4, 0.5) is 5.69 Å². The summed E-state index contributed by atoms with van der Waals surface area (Å²) in [6.45, 7) is 2.31. The molecule has 104 valence electrons. The number of amides is 1. The van der Waals surface area contributed by atoms with Crippen molar-refractivity contribution in [1.29, 1.82) is 0 Å². The van der Waals surface area contributed by atoms with Crippen molar-refractivity contribution in [2.24, 2.45) is 5.73 Å². The van der Waals surface area contributed by atoms with Gasteiger partial charge < -0.3 is 16.2 Å². The largest absolute Gasteiger partial charge is 0.488 e. The summed E-state index contributed by atoms with van der Waals surface area (Å²) in [6, 6.07) is 10.8. The van der Waals surface area contributed by atoms with Crippen molar-refractivity contribution in [3.63, 3.8) is 0 Å². The molecule has 4 N–H and O–H groups in total. The van der Waals surface area contributed by atoms with Crippen LogP contribution in [0.25, 0.3) is 0 Å². The number of carbonyl (C=O) groups is 1. The van der Waals surface area contributed by atoms with Crippen LogP contribution in [0.1, 0.15) is 21.5 Å². The molecule has 0 spiro atoms.